The summed E-state index contributed by atoms with van der Waals surface area (Å²) >= 11 is 0. The van der Waals surface area contributed by atoms with Crippen molar-refractivity contribution in [3.05, 3.63) is 41.5 Å². The molecule has 0 aromatic heterocycles. The second-order valence-electron chi connectivity index (χ2n) is 5.41. The minimum atomic E-state index is -0.895. The van der Waals surface area contributed by atoms with E-state index in [0.717, 1.165) is 25.7 Å². The fourth-order valence-electron chi connectivity index (χ4n) is 3.00. The quantitative estimate of drug-likeness (QED) is 0.682. The van der Waals surface area contributed by atoms with Crippen LogP contribution in [0.4, 0.5) is 13.2 Å². The Morgan fingerprint density at radius 1 is 1.14 bits per heavy atom. The molecule has 4 heteroatoms. The Kier molecular flexibility index (Phi) is 5.71. The number of rotatable bonds is 5. The topological polar surface area (TPSA) is 9.23 Å². The first kappa shape index (κ1) is 15.9. The van der Waals surface area contributed by atoms with Gasteiger partial charge in [0.1, 0.15) is 6.67 Å². The van der Waals surface area contributed by atoms with Crippen LogP contribution in [-0.2, 0) is 0 Å². The Morgan fingerprint density at radius 3 is 2.48 bits per heavy atom. The normalized spacial score (nSPS) is 22.7. The van der Waals surface area contributed by atoms with E-state index in [4.69, 9.17) is 4.74 Å². The van der Waals surface area contributed by atoms with E-state index in [1.54, 1.807) is 13.0 Å². The third-order valence-corrected chi connectivity index (χ3v) is 4.09. The molecule has 21 heavy (non-hydrogen) atoms. The third-order valence-electron chi connectivity index (χ3n) is 4.09. The van der Waals surface area contributed by atoms with Crippen molar-refractivity contribution in [1.82, 2.24) is 0 Å². The van der Waals surface area contributed by atoms with Crippen LogP contribution < -0.4 is 4.74 Å². The third kappa shape index (κ3) is 3.80. The summed E-state index contributed by atoms with van der Waals surface area (Å²) in [5, 5.41) is 0. The molecular formula is C17H21F3O. The maximum atomic E-state index is 14.2. The first-order valence-corrected chi connectivity index (χ1v) is 7.50. The van der Waals surface area contributed by atoms with E-state index in [1.165, 1.54) is 12.1 Å². The molecule has 0 radical (unpaired) electrons. The van der Waals surface area contributed by atoms with Crippen LogP contribution in [0.15, 0.2) is 24.3 Å². The molecule has 116 valence electrons. The maximum absolute atomic E-state index is 14.2. The number of ether oxygens (including phenoxy) is 1. The van der Waals surface area contributed by atoms with Crippen molar-refractivity contribution < 1.29 is 17.9 Å². The van der Waals surface area contributed by atoms with Gasteiger partial charge in [-0.2, -0.15) is 4.39 Å². The highest BCUT2D eigenvalue weighted by Crippen LogP contribution is 2.38. The fraction of sp³-hybridized carbons (Fsp3) is 0.529. The van der Waals surface area contributed by atoms with Gasteiger partial charge in [-0.15, -0.1) is 0 Å². The molecule has 2 rings (SSSR count). The van der Waals surface area contributed by atoms with E-state index < -0.39 is 18.3 Å². The monoisotopic (exact) mass is 298 g/mol. The lowest BCUT2D eigenvalue weighted by atomic mass is 9.78. The van der Waals surface area contributed by atoms with Crippen LogP contribution in [0.2, 0.25) is 0 Å². The molecule has 0 aliphatic heterocycles. The predicted octanol–water partition coefficient (Wildman–Crippen LogP) is 5.16. The molecule has 1 aliphatic carbocycles. The van der Waals surface area contributed by atoms with Gasteiger partial charge in [0.05, 0.1) is 6.61 Å². The number of halogens is 3. The number of hydrogen-bond acceptors (Lipinski definition) is 1. The van der Waals surface area contributed by atoms with Crippen LogP contribution in [0.3, 0.4) is 0 Å². The van der Waals surface area contributed by atoms with Crippen molar-refractivity contribution >= 4 is 0 Å². The zero-order valence-corrected chi connectivity index (χ0v) is 12.2. The average Bonchev–Trinajstić information content (AvgIpc) is 2.51. The zero-order valence-electron chi connectivity index (χ0n) is 12.2. The van der Waals surface area contributed by atoms with Crippen molar-refractivity contribution in [2.24, 2.45) is 5.92 Å². The van der Waals surface area contributed by atoms with Gasteiger partial charge in [0, 0.05) is 0 Å². The van der Waals surface area contributed by atoms with E-state index in [0.29, 0.717) is 18.1 Å². The van der Waals surface area contributed by atoms with Crippen LogP contribution in [0.5, 0.6) is 5.75 Å². The molecule has 1 aromatic carbocycles. The van der Waals surface area contributed by atoms with Crippen molar-refractivity contribution in [2.75, 3.05) is 13.3 Å². The van der Waals surface area contributed by atoms with Gasteiger partial charge in [-0.25, -0.2) is 8.78 Å². The van der Waals surface area contributed by atoms with Gasteiger partial charge in [0.15, 0.2) is 11.6 Å². The predicted molar refractivity (Wildman–Crippen MR) is 77.3 cm³/mol. The summed E-state index contributed by atoms with van der Waals surface area (Å²) in [6.07, 6.45) is 6.79. The lowest BCUT2D eigenvalue weighted by molar-refractivity contribution is 0.310. The van der Waals surface area contributed by atoms with Crippen molar-refractivity contribution in [3.8, 4) is 5.75 Å². The van der Waals surface area contributed by atoms with Crippen LogP contribution in [0, 0.1) is 17.6 Å². The Morgan fingerprint density at radius 2 is 1.86 bits per heavy atom. The molecule has 0 heterocycles. The molecule has 0 saturated heterocycles. The minimum absolute atomic E-state index is 0.0293. The summed E-state index contributed by atoms with van der Waals surface area (Å²) in [4.78, 5) is 0. The second kappa shape index (κ2) is 7.53. The fourth-order valence-corrected chi connectivity index (χ4v) is 3.00. The molecule has 1 nitrogen and oxygen atoms in total. The highest BCUT2D eigenvalue weighted by molar-refractivity contribution is 5.33. The van der Waals surface area contributed by atoms with E-state index >= 15 is 0 Å². The second-order valence-corrected chi connectivity index (χ2v) is 5.41. The smallest absolute Gasteiger partial charge is 0.200 e. The number of hydrogen-bond donors (Lipinski definition) is 0. The molecule has 0 unspecified atom stereocenters. The molecule has 0 amide bonds. The summed E-state index contributed by atoms with van der Waals surface area (Å²) in [7, 11) is 0. The summed E-state index contributed by atoms with van der Waals surface area (Å²) < 4.78 is 45.2. The Hall–Kier alpha value is -1.45. The van der Waals surface area contributed by atoms with Gasteiger partial charge in [0.25, 0.3) is 0 Å². The number of benzene rings is 1. The summed E-state index contributed by atoms with van der Waals surface area (Å²) in [6.45, 7) is 1.60. The van der Waals surface area contributed by atoms with Crippen molar-refractivity contribution in [1.29, 1.82) is 0 Å². The first-order chi connectivity index (χ1) is 10.2. The van der Waals surface area contributed by atoms with Gasteiger partial charge in [-0.05, 0) is 56.1 Å². The SMILES string of the molecule is CCOc1ccc(C2CCC(C=CCF)CC2)c(F)c1F. The molecule has 1 saturated carbocycles. The lowest BCUT2D eigenvalue weighted by Crippen LogP contribution is -2.14. The number of allylic oxidation sites excluding steroid dienone is 2. The molecule has 0 N–H and O–H groups in total. The zero-order chi connectivity index (χ0) is 15.2. The van der Waals surface area contributed by atoms with Crippen LogP contribution in [0.1, 0.15) is 44.1 Å². The summed E-state index contributed by atoms with van der Waals surface area (Å²) in [6, 6.07) is 3.14. The van der Waals surface area contributed by atoms with Crippen molar-refractivity contribution in [2.45, 2.75) is 38.5 Å². The maximum Gasteiger partial charge on any atom is 0.200 e. The Balaban J connectivity index is 2.07. The molecular weight excluding hydrogens is 277 g/mol. The van der Waals surface area contributed by atoms with Crippen LogP contribution in [0.25, 0.3) is 0 Å². The molecule has 0 bridgehead atoms. The lowest BCUT2D eigenvalue weighted by Gasteiger charge is -2.27. The van der Waals surface area contributed by atoms with Gasteiger partial charge in [0.2, 0.25) is 5.82 Å². The van der Waals surface area contributed by atoms with Crippen LogP contribution >= 0.6 is 0 Å². The largest absolute Gasteiger partial charge is 0.491 e. The van der Waals surface area contributed by atoms with Gasteiger partial charge in [-0.1, -0.05) is 18.2 Å². The Bertz CT molecular complexity index is 491. The molecule has 1 aromatic rings. The van der Waals surface area contributed by atoms with E-state index in [2.05, 4.69) is 0 Å². The van der Waals surface area contributed by atoms with Gasteiger partial charge < -0.3 is 4.74 Å². The molecule has 0 atom stereocenters. The summed E-state index contributed by atoms with van der Waals surface area (Å²) in [5.74, 6) is -1.33. The van der Waals surface area contributed by atoms with E-state index in [9.17, 15) is 13.2 Å². The highest BCUT2D eigenvalue weighted by atomic mass is 19.2. The van der Waals surface area contributed by atoms with E-state index in [1.807, 2.05) is 6.08 Å². The molecule has 0 spiro atoms. The van der Waals surface area contributed by atoms with Gasteiger partial charge in [-0.3, -0.25) is 0 Å². The molecule has 1 aliphatic rings. The first-order valence-electron chi connectivity index (χ1n) is 7.50. The highest BCUT2D eigenvalue weighted by Gasteiger charge is 2.25. The minimum Gasteiger partial charge on any atom is -0.491 e. The Labute approximate surface area is 123 Å². The summed E-state index contributed by atoms with van der Waals surface area (Å²) in [5.41, 5.74) is 0.434. The van der Waals surface area contributed by atoms with Gasteiger partial charge >= 0.3 is 0 Å². The molecule has 1 fully saturated rings. The average molecular weight is 298 g/mol. The van der Waals surface area contributed by atoms with E-state index in [-0.39, 0.29) is 11.7 Å². The number of alkyl halides is 1. The standard InChI is InChI=1S/C17H21F3O/c1-2-21-15-10-9-14(16(19)17(15)20)13-7-5-12(6-8-13)4-3-11-18/h3-4,9-10,12-13H,2,5-8,11H2,1H3. The van der Waals surface area contributed by atoms with Crippen LogP contribution in [-0.4, -0.2) is 13.3 Å². The van der Waals surface area contributed by atoms with Crippen molar-refractivity contribution in [3.63, 3.8) is 0 Å².